The van der Waals surface area contributed by atoms with E-state index in [4.69, 9.17) is 0 Å². The van der Waals surface area contributed by atoms with Crippen LogP contribution in [0.15, 0.2) is 30.3 Å². The van der Waals surface area contributed by atoms with E-state index >= 15 is 0 Å². The van der Waals surface area contributed by atoms with Crippen LogP contribution in [0.4, 0.5) is 4.39 Å². The second-order valence-corrected chi connectivity index (χ2v) is 7.68. The number of benzene rings is 1. The Bertz CT molecular complexity index is 577. The first-order valence-electron chi connectivity index (χ1n) is 6.84. The van der Waals surface area contributed by atoms with Gasteiger partial charge >= 0.3 is 0 Å². The number of nitrogens with zero attached hydrogens (tertiary/aromatic N) is 1. The molecule has 110 valence electrons. The minimum absolute atomic E-state index is 0.000737. The first-order valence-corrected chi connectivity index (χ1v) is 8.35. The van der Waals surface area contributed by atoms with Crippen LogP contribution in [0.5, 0.6) is 0 Å². The van der Waals surface area contributed by atoms with Gasteiger partial charge in [-0.2, -0.15) is 4.31 Å². The topological polar surface area (TPSA) is 57.6 Å². The Kier molecular flexibility index (Phi) is 3.56. The molecule has 1 aromatic rings. The molecule has 0 bridgehead atoms. The minimum Gasteiger partial charge on any atom is -0.395 e. The van der Waals surface area contributed by atoms with Crippen molar-refractivity contribution in [2.45, 2.75) is 36.2 Å². The van der Waals surface area contributed by atoms with Crippen molar-refractivity contribution in [3.63, 3.8) is 0 Å². The molecule has 6 heteroatoms. The van der Waals surface area contributed by atoms with E-state index in [-0.39, 0.29) is 25.5 Å². The van der Waals surface area contributed by atoms with Gasteiger partial charge in [0.2, 0.25) is 10.0 Å². The number of sulfonamides is 1. The molecule has 1 aromatic carbocycles. The molecule has 4 nitrogen and oxygen atoms in total. The van der Waals surface area contributed by atoms with E-state index in [0.717, 1.165) is 5.56 Å². The zero-order valence-corrected chi connectivity index (χ0v) is 11.8. The van der Waals surface area contributed by atoms with Gasteiger partial charge in [-0.3, -0.25) is 0 Å². The van der Waals surface area contributed by atoms with E-state index in [9.17, 15) is 17.9 Å². The van der Waals surface area contributed by atoms with Gasteiger partial charge in [-0.15, -0.1) is 0 Å². The van der Waals surface area contributed by atoms with Gasteiger partial charge in [-0.05, 0) is 18.4 Å². The molecule has 1 saturated carbocycles. The van der Waals surface area contributed by atoms with Crippen molar-refractivity contribution in [1.29, 1.82) is 0 Å². The Labute approximate surface area is 118 Å². The zero-order chi connectivity index (χ0) is 14.3. The molecular formula is C14H18FNO3S. The molecule has 0 spiro atoms. The highest BCUT2D eigenvalue weighted by Gasteiger charge is 2.53. The second-order valence-electron chi connectivity index (χ2n) is 5.58. The van der Waals surface area contributed by atoms with Gasteiger partial charge < -0.3 is 5.11 Å². The third kappa shape index (κ3) is 2.36. The monoisotopic (exact) mass is 299 g/mol. The maximum absolute atomic E-state index is 13.4. The quantitative estimate of drug-likeness (QED) is 0.911. The van der Waals surface area contributed by atoms with Crippen LogP contribution in [0.25, 0.3) is 0 Å². The fourth-order valence-corrected chi connectivity index (χ4v) is 5.34. The predicted octanol–water partition coefficient (Wildman–Crippen LogP) is 1.28. The summed E-state index contributed by atoms with van der Waals surface area (Å²) >= 11 is 0. The van der Waals surface area contributed by atoms with Crippen LogP contribution in [0.1, 0.15) is 24.3 Å². The molecule has 1 N–H and O–H groups in total. The number of aliphatic hydroxyl groups is 1. The summed E-state index contributed by atoms with van der Waals surface area (Å²) in [5.41, 5.74) is 1.01. The Hall–Kier alpha value is -0.980. The molecule has 0 aromatic heterocycles. The van der Waals surface area contributed by atoms with Crippen LogP contribution in [-0.2, 0) is 10.0 Å². The summed E-state index contributed by atoms with van der Waals surface area (Å²) in [7, 11) is -3.52. The molecule has 2 unspecified atom stereocenters. The molecule has 1 saturated heterocycles. The maximum atomic E-state index is 13.4. The van der Waals surface area contributed by atoms with Crippen molar-refractivity contribution in [3.05, 3.63) is 35.9 Å². The molecule has 3 rings (SSSR count). The van der Waals surface area contributed by atoms with Crippen molar-refractivity contribution in [2.24, 2.45) is 0 Å². The lowest BCUT2D eigenvalue weighted by molar-refractivity contribution is 0.212. The number of alkyl halides is 1. The van der Waals surface area contributed by atoms with E-state index in [1.54, 1.807) is 0 Å². The molecule has 1 aliphatic heterocycles. The van der Waals surface area contributed by atoms with Crippen molar-refractivity contribution >= 4 is 10.0 Å². The lowest BCUT2D eigenvalue weighted by Gasteiger charge is -2.22. The van der Waals surface area contributed by atoms with Crippen molar-refractivity contribution in [3.8, 4) is 0 Å². The van der Waals surface area contributed by atoms with Gasteiger partial charge in [0.1, 0.15) is 6.17 Å². The molecule has 20 heavy (non-hydrogen) atoms. The largest absolute Gasteiger partial charge is 0.395 e. The number of rotatable bonds is 4. The summed E-state index contributed by atoms with van der Waals surface area (Å²) < 4.78 is 39.7. The fraction of sp³-hybridized carbons (Fsp3) is 0.571. The highest BCUT2D eigenvalue weighted by molar-refractivity contribution is 7.90. The standard InChI is InChI=1S/C14H18FNO3S/c15-11-6-12(9-17)16(8-11)20(18,19)14-7-13(14)10-4-2-1-3-5-10/h1-5,11-14,17H,6-9H2/t11?,12?,13-,14+/m0/s1. The average molecular weight is 299 g/mol. The first kappa shape index (κ1) is 14.0. The van der Waals surface area contributed by atoms with Crippen molar-refractivity contribution in [2.75, 3.05) is 13.2 Å². The van der Waals surface area contributed by atoms with Crippen molar-refractivity contribution < 1.29 is 17.9 Å². The van der Waals surface area contributed by atoms with Crippen LogP contribution in [0.3, 0.4) is 0 Å². The van der Waals surface area contributed by atoms with Gasteiger partial charge in [0.15, 0.2) is 0 Å². The molecule has 2 fully saturated rings. The summed E-state index contributed by atoms with van der Waals surface area (Å²) in [6.07, 6.45) is -0.494. The molecule has 1 aliphatic carbocycles. The van der Waals surface area contributed by atoms with Crippen LogP contribution in [0.2, 0.25) is 0 Å². The molecular weight excluding hydrogens is 281 g/mol. The van der Waals surface area contributed by atoms with E-state index in [1.807, 2.05) is 30.3 Å². The van der Waals surface area contributed by atoms with E-state index < -0.39 is 27.5 Å². The van der Waals surface area contributed by atoms with Gasteiger partial charge in [-0.1, -0.05) is 30.3 Å². The summed E-state index contributed by atoms with van der Waals surface area (Å²) in [6.45, 7) is -0.437. The fourth-order valence-electron chi connectivity index (χ4n) is 3.03. The number of hydrogen-bond acceptors (Lipinski definition) is 3. The predicted molar refractivity (Wildman–Crippen MR) is 73.6 cm³/mol. The van der Waals surface area contributed by atoms with Crippen molar-refractivity contribution in [1.82, 2.24) is 4.31 Å². The van der Waals surface area contributed by atoms with E-state index in [2.05, 4.69) is 0 Å². The molecule has 2 aliphatic rings. The van der Waals surface area contributed by atoms with Gasteiger partial charge in [0, 0.05) is 12.5 Å². The Morgan fingerprint density at radius 3 is 2.60 bits per heavy atom. The highest BCUT2D eigenvalue weighted by Crippen LogP contribution is 2.48. The van der Waals surface area contributed by atoms with E-state index in [1.165, 1.54) is 4.31 Å². The lowest BCUT2D eigenvalue weighted by Crippen LogP contribution is -2.40. The minimum atomic E-state index is -3.52. The summed E-state index contributed by atoms with van der Waals surface area (Å²) in [5.74, 6) is -0.000737. The summed E-state index contributed by atoms with van der Waals surface area (Å²) in [6, 6.07) is 8.91. The van der Waals surface area contributed by atoms with Crippen LogP contribution in [0, 0.1) is 0 Å². The highest BCUT2D eigenvalue weighted by atomic mass is 32.2. The third-order valence-corrected chi connectivity index (χ3v) is 6.58. The summed E-state index contributed by atoms with van der Waals surface area (Å²) in [5, 5.41) is 8.76. The normalized spacial score (nSPS) is 34.3. The number of hydrogen-bond donors (Lipinski definition) is 1. The lowest BCUT2D eigenvalue weighted by atomic mass is 10.1. The zero-order valence-electron chi connectivity index (χ0n) is 11.0. The smallest absolute Gasteiger partial charge is 0.218 e. The molecule has 1 heterocycles. The van der Waals surface area contributed by atoms with Crippen LogP contribution >= 0.6 is 0 Å². The second kappa shape index (κ2) is 5.09. The molecule has 0 radical (unpaired) electrons. The van der Waals surface area contributed by atoms with Gasteiger partial charge in [0.05, 0.1) is 17.9 Å². The maximum Gasteiger partial charge on any atom is 0.218 e. The van der Waals surface area contributed by atoms with E-state index in [0.29, 0.717) is 6.42 Å². The van der Waals surface area contributed by atoms with Gasteiger partial charge in [-0.25, -0.2) is 12.8 Å². The number of aliphatic hydroxyl groups excluding tert-OH is 1. The molecule has 0 amide bonds. The van der Waals surface area contributed by atoms with Crippen LogP contribution < -0.4 is 0 Å². The Morgan fingerprint density at radius 2 is 1.95 bits per heavy atom. The molecule has 4 atom stereocenters. The SMILES string of the molecule is O=S(=O)([C@@H]1C[C@H]1c1ccccc1)N1CC(F)CC1CO. The average Bonchev–Trinajstić information content (AvgIpc) is 3.17. The summed E-state index contributed by atoms with van der Waals surface area (Å²) in [4.78, 5) is 0. The third-order valence-electron chi connectivity index (χ3n) is 4.19. The first-order chi connectivity index (χ1) is 9.54. The van der Waals surface area contributed by atoms with Gasteiger partial charge in [0.25, 0.3) is 0 Å². The van der Waals surface area contributed by atoms with Crippen LogP contribution in [-0.4, -0.2) is 48.4 Å². The number of halogens is 1. The Balaban J connectivity index is 1.78. The Morgan fingerprint density at radius 1 is 1.25 bits per heavy atom.